The Bertz CT molecular complexity index is 984. The zero-order valence-electron chi connectivity index (χ0n) is 17.2. The number of carbonyl (C=O) groups is 1. The predicted molar refractivity (Wildman–Crippen MR) is 112 cm³/mol. The van der Waals surface area contributed by atoms with E-state index in [-0.39, 0.29) is 0 Å². The van der Waals surface area contributed by atoms with Gasteiger partial charge in [-0.3, -0.25) is 9.78 Å². The Hall–Kier alpha value is -2.45. The molecule has 5 rings (SSSR count). The molecular weight excluding hydrogens is 360 g/mol. The van der Waals surface area contributed by atoms with E-state index in [0.29, 0.717) is 29.2 Å². The van der Waals surface area contributed by atoms with E-state index >= 15 is 0 Å². The maximum atomic E-state index is 13.1. The summed E-state index contributed by atoms with van der Waals surface area (Å²) in [6.07, 6.45) is 3.54. The second kappa shape index (κ2) is 7.11. The normalized spacial score (nSPS) is 31.5. The summed E-state index contributed by atoms with van der Waals surface area (Å²) in [6.45, 7) is 6.21. The van der Waals surface area contributed by atoms with Crippen LogP contribution < -0.4 is 0 Å². The molecule has 2 aliphatic heterocycles. The van der Waals surface area contributed by atoms with Crippen molar-refractivity contribution in [1.82, 2.24) is 14.8 Å². The Labute approximate surface area is 172 Å². The van der Waals surface area contributed by atoms with Crippen molar-refractivity contribution in [3.05, 3.63) is 41.6 Å². The van der Waals surface area contributed by atoms with Gasteiger partial charge in [-0.05, 0) is 54.8 Å². The lowest BCUT2D eigenvalue weighted by Gasteiger charge is -2.37. The Balaban J connectivity index is 1.35. The minimum Gasteiger partial charge on any atom is -0.342 e. The fraction of sp³-hybridized carbons (Fsp3) is 0.542. The zero-order chi connectivity index (χ0) is 20.1. The first-order chi connectivity index (χ1) is 14.0. The summed E-state index contributed by atoms with van der Waals surface area (Å²) < 4.78 is 0. The molecule has 1 aliphatic carbocycles. The van der Waals surface area contributed by atoms with Crippen LogP contribution in [0.3, 0.4) is 0 Å². The highest BCUT2D eigenvalue weighted by Crippen LogP contribution is 2.53. The average Bonchev–Trinajstić information content (AvgIpc) is 3.17. The molecule has 5 heteroatoms. The summed E-state index contributed by atoms with van der Waals surface area (Å²) in [5.74, 6) is 3.21. The maximum absolute atomic E-state index is 13.1. The first-order valence-electron chi connectivity index (χ1n) is 10.8. The quantitative estimate of drug-likeness (QED) is 0.810. The lowest BCUT2D eigenvalue weighted by atomic mass is 9.83. The number of aromatic nitrogens is 1. The number of hydrogen-bond acceptors (Lipinski definition) is 4. The van der Waals surface area contributed by atoms with Crippen molar-refractivity contribution in [1.29, 1.82) is 5.26 Å². The van der Waals surface area contributed by atoms with Gasteiger partial charge >= 0.3 is 0 Å². The fourth-order valence-corrected chi connectivity index (χ4v) is 5.92. The number of piperidine rings is 2. The second-order valence-corrected chi connectivity index (χ2v) is 9.47. The monoisotopic (exact) mass is 388 g/mol. The summed E-state index contributed by atoms with van der Waals surface area (Å²) in [5, 5.41) is 10.5. The van der Waals surface area contributed by atoms with Crippen molar-refractivity contribution in [3.8, 4) is 6.07 Å². The summed E-state index contributed by atoms with van der Waals surface area (Å²) >= 11 is 0. The van der Waals surface area contributed by atoms with E-state index in [0.717, 1.165) is 61.8 Å². The minimum atomic E-state index is 0.298. The Kier molecular flexibility index (Phi) is 4.55. The first-order valence-corrected chi connectivity index (χ1v) is 10.8. The molecule has 29 heavy (non-hydrogen) atoms. The number of carbonyl (C=O) groups excluding carboxylic acids is 1. The Morgan fingerprint density at radius 1 is 1.21 bits per heavy atom. The summed E-state index contributed by atoms with van der Waals surface area (Å²) in [6, 6.07) is 10.2. The van der Waals surface area contributed by atoms with Crippen molar-refractivity contribution in [2.75, 3.05) is 33.2 Å². The molecule has 1 aromatic carbocycles. The van der Waals surface area contributed by atoms with Crippen LogP contribution in [-0.2, 0) is 4.79 Å². The van der Waals surface area contributed by atoms with Crippen LogP contribution in [0.5, 0.6) is 0 Å². The van der Waals surface area contributed by atoms with Gasteiger partial charge in [0.2, 0.25) is 5.91 Å². The SMILES string of the molecule is C[C@@H]1C[C@@H](c2ccc(C#N)c3ncccc23)CN(C(=O)CC2[C@H]3CN(C)C[C@@H]23)C1. The molecule has 1 unspecified atom stereocenters. The van der Waals surface area contributed by atoms with Crippen LogP contribution in [0.4, 0.5) is 0 Å². The van der Waals surface area contributed by atoms with Gasteiger partial charge in [0.05, 0.1) is 11.1 Å². The van der Waals surface area contributed by atoms with E-state index in [9.17, 15) is 10.1 Å². The van der Waals surface area contributed by atoms with E-state index in [1.54, 1.807) is 6.20 Å². The molecule has 150 valence electrons. The molecule has 5 atom stereocenters. The summed E-state index contributed by atoms with van der Waals surface area (Å²) in [4.78, 5) is 22.1. The van der Waals surface area contributed by atoms with Gasteiger partial charge in [-0.25, -0.2) is 0 Å². The van der Waals surface area contributed by atoms with Crippen molar-refractivity contribution < 1.29 is 4.79 Å². The number of pyridine rings is 1. The van der Waals surface area contributed by atoms with Gasteiger partial charge in [-0.2, -0.15) is 5.26 Å². The smallest absolute Gasteiger partial charge is 0.222 e. The largest absolute Gasteiger partial charge is 0.342 e. The standard InChI is InChI=1S/C24H28N4O/c1-15-8-17(18-6-5-16(10-25)24-19(18)4-3-7-26-24)12-28(11-15)23(29)9-20-21-13-27(2)14-22(20)21/h3-7,15,17,20-22H,8-9,11-14H2,1-2H3/t15-,17-,20?,21-,22+/m1/s1. The molecule has 1 aromatic heterocycles. The topological polar surface area (TPSA) is 60.2 Å². The molecule has 1 saturated carbocycles. The van der Waals surface area contributed by atoms with E-state index in [4.69, 9.17) is 0 Å². The number of fused-ring (bicyclic) bond motifs is 2. The first kappa shape index (κ1) is 18.6. The summed E-state index contributed by atoms with van der Waals surface area (Å²) in [7, 11) is 2.18. The molecule has 3 fully saturated rings. The number of hydrogen-bond donors (Lipinski definition) is 0. The molecular formula is C24H28N4O. The Morgan fingerprint density at radius 3 is 2.76 bits per heavy atom. The molecule has 0 radical (unpaired) electrons. The average molecular weight is 389 g/mol. The van der Waals surface area contributed by atoms with Crippen LogP contribution in [0, 0.1) is 35.0 Å². The van der Waals surface area contributed by atoms with E-state index in [1.165, 1.54) is 5.56 Å². The van der Waals surface area contributed by atoms with Gasteiger partial charge in [0, 0.05) is 50.1 Å². The molecule has 5 nitrogen and oxygen atoms in total. The fourth-order valence-electron chi connectivity index (χ4n) is 5.92. The Morgan fingerprint density at radius 2 is 2.00 bits per heavy atom. The summed E-state index contributed by atoms with van der Waals surface area (Å²) in [5.41, 5.74) is 2.62. The number of amides is 1. The maximum Gasteiger partial charge on any atom is 0.222 e. The minimum absolute atomic E-state index is 0.298. The van der Waals surface area contributed by atoms with Crippen molar-refractivity contribution in [3.63, 3.8) is 0 Å². The number of nitriles is 1. The highest BCUT2D eigenvalue weighted by atomic mass is 16.2. The second-order valence-electron chi connectivity index (χ2n) is 9.47. The molecule has 3 heterocycles. The lowest BCUT2D eigenvalue weighted by Crippen LogP contribution is -2.43. The third-order valence-corrected chi connectivity index (χ3v) is 7.34. The number of benzene rings is 1. The molecule has 0 bridgehead atoms. The highest BCUT2D eigenvalue weighted by molar-refractivity contribution is 5.87. The van der Waals surface area contributed by atoms with Gasteiger partial charge in [0.15, 0.2) is 0 Å². The zero-order valence-corrected chi connectivity index (χ0v) is 17.2. The lowest BCUT2D eigenvalue weighted by molar-refractivity contribution is -0.133. The van der Waals surface area contributed by atoms with E-state index < -0.39 is 0 Å². The van der Waals surface area contributed by atoms with Gasteiger partial charge in [-0.15, -0.1) is 0 Å². The van der Waals surface area contributed by atoms with Crippen LogP contribution in [0.25, 0.3) is 10.9 Å². The number of nitrogens with zero attached hydrogens (tertiary/aromatic N) is 4. The van der Waals surface area contributed by atoms with Crippen LogP contribution in [-0.4, -0.2) is 53.9 Å². The van der Waals surface area contributed by atoms with Crippen LogP contribution in [0.1, 0.15) is 36.8 Å². The van der Waals surface area contributed by atoms with Crippen molar-refractivity contribution >= 4 is 16.8 Å². The highest BCUT2D eigenvalue weighted by Gasteiger charge is 2.55. The third kappa shape index (κ3) is 3.30. The van der Waals surface area contributed by atoms with Crippen molar-refractivity contribution in [2.24, 2.45) is 23.7 Å². The van der Waals surface area contributed by atoms with Crippen LogP contribution in [0.2, 0.25) is 0 Å². The van der Waals surface area contributed by atoms with E-state index in [2.05, 4.69) is 47.0 Å². The van der Waals surface area contributed by atoms with Gasteiger partial charge < -0.3 is 9.80 Å². The predicted octanol–water partition coefficient (Wildman–Crippen LogP) is 3.26. The van der Waals surface area contributed by atoms with Crippen molar-refractivity contribution in [2.45, 2.75) is 25.7 Å². The van der Waals surface area contributed by atoms with E-state index in [1.807, 2.05) is 12.1 Å². The molecule has 2 aromatic rings. The molecule has 0 spiro atoms. The third-order valence-electron chi connectivity index (χ3n) is 7.34. The van der Waals surface area contributed by atoms with Crippen LogP contribution in [0.15, 0.2) is 30.5 Å². The number of likely N-dealkylation sites (tertiary alicyclic amines) is 2. The molecule has 0 N–H and O–H groups in total. The number of rotatable bonds is 3. The molecule has 3 aliphatic rings. The molecule has 1 amide bonds. The van der Waals surface area contributed by atoms with Gasteiger partial charge in [0.25, 0.3) is 0 Å². The van der Waals surface area contributed by atoms with Gasteiger partial charge in [-0.1, -0.05) is 19.1 Å². The van der Waals surface area contributed by atoms with Crippen LogP contribution >= 0.6 is 0 Å². The van der Waals surface area contributed by atoms with Gasteiger partial charge in [0.1, 0.15) is 6.07 Å². The molecule has 2 saturated heterocycles.